The largest absolute Gasteiger partial charge is 0.488 e. The Morgan fingerprint density at radius 3 is 2.79 bits per heavy atom. The van der Waals surface area contributed by atoms with E-state index in [0.29, 0.717) is 65.5 Å². The molecule has 10 nitrogen and oxygen atoms in total. The average molecular weight is 560 g/mol. The number of likely N-dealkylation sites (tertiary alicyclic amines) is 1. The average Bonchev–Trinajstić information content (AvgIpc) is 3.44. The van der Waals surface area contributed by atoms with Crippen LogP contribution in [0.5, 0.6) is 5.75 Å². The highest BCUT2D eigenvalue weighted by molar-refractivity contribution is 6.34. The van der Waals surface area contributed by atoms with Crippen LogP contribution in [0, 0.1) is 12.7 Å². The summed E-state index contributed by atoms with van der Waals surface area (Å²) in [6.45, 7) is 5.62. The Balaban J connectivity index is 1.27. The van der Waals surface area contributed by atoms with Crippen LogP contribution in [0.1, 0.15) is 30.8 Å². The minimum absolute atomic E-state index is 0.188. The third-order valence-corrected chi connectivity index (χ3v) is 7.79. The van der Waals surface area contributed by atoms with Gasteiger partial charge in [0.25, 0.3) is 0 Å². The van der Waals surface area contributed by atoms with Gasteiger partial charge in [-0.15, -0.1) is 5.10 Å². The van der Waals surface area contributed by atoms with E-state index in [1.165, 1.54) is 25.3 Å². The van der Waals surface area contributed by atoms with Gasteiger partial charge >= 0.3 is 0 Å². The highest BCUT2D eigenvalue weighted by atomic mass is 35.5. The van der Waals surface area contributed by atoms with Crippen molar-refractivity contribution in [3.8, 4) is 17.0 Å². The number of ether oxygens (including phenoxy) is 2. The van der Waals surface area contributed by atoms with Crippen LogP contribution in [0.2, 0.25) is 5.02 Å². The molecule has 3 atom stereocenters. The van der Waals surface area contributed by atoms with Gasteiger partial charge in [-0.3, -0.25) is 9.88 Å². The van der Waals surface area contributed by atoms with E-state index >= 15 is 4.39 Å². The van der Waals surface area contributed by atoms with Crippen molar-refractivity contribution in [1.82, 2.24) is 34.5 Å². The van der Waals surface area contributed by atoms with Crippen molar-refractivity contribution in [3.05, 3.63) is 59.0 Å². The van der Waals surface area contributed by atoms with E-state index in [-0.39, 0.29) is 12.3 Å². The molecule has 4 aromatic heterocycles. The number of alkyl halides is 1. The molecular formula is C26H28ClF2N7O3. The number of hydrogen-bond donors (Lipinski definition) is 1. The normalized spacial score (nSPS) is 22.1. The molecule has 206 valence electrons. The van der Waals surface area contributed by atoms with Gasteiger partial charge < -0.3 is 14.6 Å². The minimum Gasteiger partial charge on any atom is -0.488 e. The molecule has 0 amide bonds. The smallest absolute Gasteiger partial charge is 0.147 e. The number of nitrogens with zero attached hydrogens (tertiary/aromatic N) is 7. The second-order valence-corrected chi connectivity index (χ2v) is 10.7. The van der Waals surface area contributed by atoms with Crippen LogP contribution >= 0.6 is 11.6 Å². The second kappa shape index (κ2) is 10.1. The molecule has 4 aromatic rings. The summed E-state index contributed by atoms with van der Waals surface area (Å²) in [6, 6.07) is 4.25. The predicted octanol–water partition coefficient (Wildman–Crippen LogP) is 3.36. The summed E-state index contributed by atoms with van der Waals surface area (Å²) in [5.41, 5.74) is 1.16. The summed E-state index contributed by atoms with van der Waals surface area (Å²) in [6.07, 6.45) is 3.82. The summed E-state index contributed by atoms with van der Waals surface area (Å²) in [5.74, 6) is -0.150. The van der Waals surface area contributed by atoms with Crippen molar-refractivity contribution < 1.29 is 23.4 Å². The summed E-state index contributed by atoms with van der Waals surface area (Å²) in [4.78, 5) is 6.12. The Morgan fingerprint density at radius 2 is 2.10 bits per heavy atom. The Bertz CT molecular complexity index is 1490. The van der Waals surface area contributed by atoms with Crippen molar-refractivity contribution in [1.29, 1.82) is 0 Å². The lowest BCUT2D eigenvalue weighted by atomic mass is 10.00. The third-order valence-electron chi connectivity index (χ3n) is 7.51. The van der Waals surface area contributed by atoms with E-state index in [9.17, 15) is 9.50 Å². The molecule has 2 saturated heterocycles. The van der Waals surface area contributed by atoms with Crippen LogP contribution in [-0.2, 0) is 10.3 Å². The first-order chi connectivity index (χ1) is 18.7. The maximum Gasteiger partial charge on any atom is 0.147 e. The van der Waals surface area contributed by atoms with E-state index in [1.54, 1.807) is 21.5 Å². The SMILES string of the molecule is Cc1c(-c2cc(OC[C@](C)(O)c3ccc(F)cn3)c3c(Cl)cnn3c2)nnn1[C@@H]1CCN(C2COC2)C[C@@H]1F. The number of piperidine rings is 1. The molecule has 0 unspecified atom stereocenters. The fourth-order valence-electron chi connectivity index (χ4n) is 5.15. The first kappa shape index (κ1) is 26.1. The maximum absolute atomic E-state index is 15.3. The fourth-order valence-corrected chi connectivity index (χ4v) is 5.38. The van der Waals surface area contributed by atoms with Crippen molar-refractivity contribution in [2.75, 3.05) is 32.9 Å². The minimum atomic E-state index is -1.51. The highest BCUT2D eigenvalue weighted by Gasteiger charge is 2.37. The Hall–Kier alpha value is -3.19. The Labute approximate surface area is 228 Å². The first-order valence-electron chi connectivity index (χ1n) is 12.7. The summed E-state index contributed by atoms with van der Waals surface area (Å²) in [5, 5.41) is 24.4. The molecule has 0 aliphatic carbocycles. The van der Waals surface area contributed by atoms with Crippen LogP contribution < -0.4 is 4.74 Å². The quantitative estimate of drug-likeness (QED) is 0.368. The van der Waals surface area contributed by atoms with Crippen LogP contribution in [-0.4, -0.2) is 84.7 Å². The van der Waals surface area contributed by atoms with Gasteiger partial charge in [0.2, 0.25) is 0 Å². The number of rotatable bonds is 7. The van der Waals surface area contributed by atoms with Gasteiger partial charge in [0.15, 0.2) is 0 Å². The molecule has 6 rings (SSSR count). The lowest BCUT2D eigenvalue weighted by Crippen LogP contribution is -2.55. The van der Waals surface area contributed by atoms with Gasteiger partial charge in [0, 0.05) is 24.8 Å². The number of aliphatic hydroxyl groups is 1. The van der Waals surface area contributed by atoms with E-state index < -0.39 is 23.6 Å². The summed E-state index contributed by atoms with van der Waals surface area (Å²) >= 11 is 6.40. The fraction of sp³-hybridized carbons (Fsp3) is 0.462. The van der Waals surface area contributed by atoms with E-state index in [4.69, 9.17) is 21.1 Å². The summed E-state index contributed by atoms with van der Waals surface area (Å²) < 4.78 is 43.1. The van der Waals surface area contributed by atoms with Crippen molar-refractivity contribution >= 4 is 17.1 Å². The number of halogens is 3. The van der Waals surface area contributed by atoms with E-state index in [2.05, 4.69) is 25.3 Å². The Morgan fingerprint density at radius 1 is 1.28 bits per heavy atom. The molecule has 0 bridgehead atoms. The van der Waals surface area contributed by atoms with Gasteiger partial charge in [0.1, 0.15) is 41.2 Å². The Kier molecular flexibility index (Phi) is 6.74. The molecule has 1 N–H and O–H groups in total. The first-order valence-corrected chi connectivity index (χ1v) is 13.1. The zero-order valence-electron chi connectivity index (χ0n) is 21.5. The van der Waals surface area contributed by atoms with Crippen molar-refractivity contribution in [3.63, 3.8) is 0 Å². The third kappa shape index (κ3) is 4.86. The standard InChI is InChI=1S/C26H28ClF2N7O3/c1-15-24(32-33-36(15)21-5-6-34(11-20(21)29)18-12-38-13-18)16-7-22(25-19(27)9-31-35(25)10-16)39-14-26(2,37)23-4-3-17(28)8-30-23/h3-4,7-10,18,20-21,37H,5-6,11-14H2,1-2H3/t20-,21+,26-/m0/s1. The van der Waals surface area contributed by atoms with Gasteiger partial charge in [-0.1, -0.05) is 16.8 Å². The molecule has 2 aliphatic rings. The second-order valence-electron chi connectivity index (χ2n) is 10.3. The van der Waals surface area contributed by atoms with Crippen LogP contribution in [0.4, 0.5) is 8.78 Å². The van der Waals surface area contributed by atoms with Gasteiger partial charge in [-0.05, 0) is 38.5 Å². The van der Waals surface area contributed by atoms with Gasteiger partial charge in [-0.2, -0.15) is 5.10 Å². The molecule has 0 aromatic carbocycles. The predicted molar refractivity (Wildman–Crippen MR) is 138 cm³/mol. The van der Waals surface area contributed by atoms with Crippen molar-refractivity contribution in [2.24, 2.45) is 0 Å². The van der Waals surface area contributed by atoms with Crippen molar-refractivity contribution in [2.45, 2.75) is 44.1 Å². The highest BCUT2D eigenvalue weighted by Crippen LogP contribution is 2.35. The topological polar surface area (TPSA) is 103 Å². The van der Waals surface area contributed by atoms with Gasteiger partial charge in [0.05, 0.1) is 54.1 Å². The number of hydrogen-bond acceptors (Lipinski definition) is 8. The number of fused-ring (bicyclic) bond motifs is 1. The zero-order chi connectivity index (χ0) is 27.3. The monoisotopic (exact) mass is 559 g/mol. The molecule has 13 heteroatoms. The number of aromatic nitrogens is 6. The molecule has 0 radical (unpaired) electrons. The lowest BCUT2D eigenvalue weighted by Gasteiger charge is -2.42. The maximum atomic E-state index is 15.3. The summed E-state index contributed by atoms with van der Waals surface area (Å²) in [7, 11) is 0. The molecular weight excluding hydrogens is 532 g/mol. The molecule has 39 heavy (non-hydrogen) atoms. The van der Waals surface area contributed by atoms with E-state index in [0.717, 1.165) is 12.7 Å². The number of pyridine rings is 2. The van der Waals surface area contributed by atoms with Crippen LogP contribution in [0.25, 0.3) is 16.8 Å². The molecule has 2 fully saturated rings. The van der Waals surface area contributed by atoms with E-state index in [1.807, 2.05) is 6.92 Å². The van der Waals surface area contributed by atoms with Crippen LogP contribution in [0.15, 0.2) is 36.8 Å². The molecule has 6 heterocycles. The van der Waals surface area contributed by atoms with Gasteiger partial charge in [-0.25, -0.2) is 18.0 Å². The van der Waals surface area contributed by atoms with Crippen LogP contribution in [0.3, 0.4) is 0 Å². The zero-order valence-corrected chi connectivity index (χ0v) is 22.2. The lowest BCUT2D eigenvalue weighted by molar-refractivity contribution is -0.0849. The molecule has 0 saturated carbocycles. The molecule has 2 aliphatic heterocycles. The molecule has 0 spiro atoms.